The van der Waals surface area contributed by atoms with Gasteiger partial charge in [-0.2, -0.15) is 0 Å². The minimum atomic E-state index is 0.529. The average molecular weight is 263 g/mol. The Morgan fingerprint density at radius 3 is 2.53 bits per heavy atom. The zero-order valence-electron chi connectivity index (χ0n) is 11.0. The Labute approximate surface area is 111 Å². The fourth-order valence-electron chi connectivity index (χ4n) is 1.74. The second kappa shape index (κ2) is 6.69. The van der Waals surface area contributed by atoms with Gasteiger partial charge in [-0.15, -0.1) is 0 Å². The fraction of sp³-hybridized carbons (Fsp3) is 0.417. The van der Waals surface area contributed by atoms with Crippen LogP contribution in [0.25, 0.3) is 0 Å². The van der Waals surface area contributed by atoms with Crippen molar-refractivity contribution in [2.45, 2.75) is 13.0 Å². The number of hydrogen-bond donors (Lipinski definition) is 2. The lowest BCUT2D eigenvalue weighted by Gasteiger charge is -2.11. The third kappa shape index (κ3) is 3.41. The van der Waals surface area contributed by atoms with Crippen LogP contribution in [0.15, 0.2) is 18.9 Å². The number of H-pyrrole nitrogens is 1. The molecule has 7 heteroatoms. The first kappa shape index (κ1) is 13.3. The van der Waals surface area contributed by atoms with Crippen LogP contribution in [-0.2, 0) is 13.0 Å². The molecule has 0 bridgehead atoms. The predicted molar refractivity (Wildman–Crippen MR) is 69.1 cm³/mol. The molecule has 0 aromatic carbocycles. The van der Waals surface area contributed by atoms with Crippen LogP contribution in [0.1, 0.15) is 11.3 Å². The maximum absolute atomic E-state index is 5.20. The van der Waals surface area contributed by atoms with Gasteiger partial charge in [0, 0.05) is 31.4 Å². The molecular weight excluding hydrogens is 246 g/mol. The molecule has 2 aromatic rings. The SMILES string of the molecule is COc1ncnc(OC)c1CNCCc1cnc[nH]1. The molecule has 0 aliphatic heterocycles. The van der Waals surface area contributed by atoms with E-state index in [-0.39, 0.29) is 0 Å². The second-order valence-electron chi connectivity index (χ2n) is 3.87. The molecule has 2 rings (SSSR count). The molecule has 0 aliphatic carbocycles. The van der Waals surface area contributed by atoms with Gasteiger partial charge in [0.15, 0.2) is 0 Å². The largest absolute Gasteiger partial charge is 0.481 e. The lowest BCUT2D eigenvalue weighted by Crippen LogP contribution is -2.18. The average Bonchev–Trinajstić information content (AvgIpc) is 2.96. The molecule has 0 atom stereocenters. The molecular formula is C12H17N5O2. The molecule has 0 spiro atoms. The van der Waals surface area contributed by atoms with Crippen LogP contribution in [0, 0.1) is 0 Å². The van der Waals surface area contributed by atoms with Gasteiger partial charge in [-0.25, -0.2) is 15.0 Å². The number of aromatic amines is 1. The molecule has 0 aliphatic rings. The van der Waals surface area contributed by atoms with Crippen LogP contribution in [0.4, 0.5) is 0 Å². The van der Waals surface area contributed by atoms with Crippen LogP contribution < -0.4 is 14.8 Å². The zero-order chi connectivity index (χ0) is 13.5. The highest BCUT2D eigenvalue weighted by atomic mass is 16.5. The van der Waals surface area contributed by atoms with E-state index in [0.717, 1.165) is 24.2 Å². The van der Waals surface area contributed by atoms with E-state index in [4.69, 9.17) is 9.47 Å². The molecule has 2 N–H and O–H groups in total. The summed E-state index contributed by atoms with van der Waals surface area (Å²) in [6.07, 6.45) is 5.78. The van der Waals surface area contributed by atoms with Gasteiger partial charge in [0.05, 0.1) is 26.1 Å². The Bertz CT molecular complexity index is 479. The Hall–Kier alpha value is -2.15. The van der Waals surface area contributed by atoms with Crippen molar-refractivity contribution in [2.75, 3.05) is 20.8 Å². The Balaban J connectivity index is 1.91. The van der Waals surface area contributed by atoms with Crippen molar-refractivity contribution < 1.29 is 9.47 Å². The minimum Gasteiger partial charge on any atom is -0.481 e. The number of nitrogens with one attached hydrogen (secondary N) is 2. The molecule has 0 radical (unpaired) electrons. The maximum Gasteiger partial charge on any atom is 0.224 e. The van der Waals surface area contributed by atoms with E-state index in [1.165, 1.54) is 6.33 Å². The monoisotopic (exact) mass is 263 g/mol. The van der Waals surface area contributed by atoms with Gasteiger partial charge >= 0.3 is 0 Å². The molecule has 0 amide bonds. The Kier molecular flexibility index (Phi) is 4.68. The van der Waals surface area contributed by atoms with E-state index in [1.807, 2.05) is 6.20 Å². The van der Waals surface area contributed by atoms with Crippen LogP contribution in [0.5, 0.6) is 11.8 Å². The first-order valence-corrected chi connectivity index (χ1v) is 5.95. The van der Waals surface area contributed by atoms with Gasteiger partial charge in [0.1, 0.15) is 6.33 Å². The van der Waals surface area contributed by atoms with Crippen molar-refractivity contribution >= 4 is 0 Å². The number of aromatic nitrogens is 4. The Morgan fingerprint density at radius 1 is 1.21 bits per heavy atom. The number of ether oxygens (including phenoxy) is 2. The van der Waals surface area contributed by atoms with E-state index < -0.39 is 0 Å². The molecule has 0 saturated heterocycles. The van der Waals surface area contributed by atoms with Crippen molar-refractivity contribution in [3.8, 4) is 11.8 Å². The van der Waals surface area contributed by atoms with Crippen molar-refractivity contribution in [2.24, 2.45) is 0 Å². The lowest BCUT2D eigenvalue weighted by atomic mass is 10.3. The second-order valence-corrected chi connectivity index (χ2v) is 3.87. The summed E-state index contributed by atoms with van der Waals surface area (Å²) in [6, 6.07) is 0. The van der Waals surface area contributed by atoms with Crippen molar-refractivity contribution in [3.63, 3.8) is 0 Å². The van der Waals surface area contributed by atoms with Crippen LogP contribution in [-0.4, -0.2) is 40.7 Å². The summed E-state index contributed by atoms with van der Waals surface area (Å²) in [6.45, 7) is 1.39. The highest BCUT2D eigenvalue weighted by molar-refractivity contribution is 5.34. The maximum atomic E-state index is 5.20. The smallest absolute Gasteiger partial charge is 0.224 e. The molecule has 2 aromatic heterocycles. The Morgan fingerprint density at radius 2 is 1.95 bits per heavy atom. The van der Waals surface area contributed by atoms with Crippen molar-refractivity contribution in [1.29, 1.82) is 0 Å². The third-order valence-corrected chi connectivity index (χ3v) is 2.68. The van der Waals surface area contributed by atoms with Gasteiger partial charge in [-0.3, -0.25) is 0 Å². The van der Waals surface area contributed by atoms with Gasteiger partial charge in [-0.05, 0) is 0 Å². The van der Waals surface area contributed by atoms with Gasteiger partial charge in [0.25, 0.3) is 0 Å². The summed E-state index contributed by atoms with van der Waals surface area (Å²) >= 11 is 0. The van der Waals surface area contributed by atoms with Gasteiger partial charge < -0.3 is 19.8 Å². The molecule has 0 fully saturated rings. The normalized spacial score (nSPS) is 10.4. The number of methoxy groups -OCH3 is 2. The van der Waals surface area contributed by atoms with E-state index in [9.17, 15) is 0 Å². The first-order valence-electron chi connectivity index (χ1n) is 5.95. The van der Waals surface area contributed by atoms with Crippen molar-refractivity contribution in [3.05, 3.63) is 30.1 Å². The topological polar surface area (TPSA) is 85.0 Å². The molecule has 19 heavy (non-hydrogen) atoms. The lowest BCUT2D eigenvalue weighted by molar-refractivity contribution is 0.359. The van der Waals surface area contributed by atoms with E-state index >= 15 is 0 Å². The van der Waals surface area contributed by atoms with Gasteiger partial charge in [-0.1, -0.05) is 0 Å². The zero-order valence-corrected chi connectivity index (χ0v) is 11.0. The van der Waals surface area contributed by atoms with E-state index in [0.29, 0.717) is 18.3 Å². The van der Waals surface area contributed by atoms with Crippen molar-refractivity contribution in [1.82, 2.24) is 25.3 Å². The quantitative estimate of drug-likeness (QED) is 0.710. The summed E-state index contributed by atoms with van der Waals surface area (Å²) in [7, 11) is 3.16. The van der Waals surface area contributed by atoms with Crippen LogP contribution in [0.3, 0.4) is 0 Å². The summed E-state index contributed by atoms with van der Waals surface area (Å²) in [5, 5.41) is 3.30. The summed E-state index contributed by atoms with van der Waals surface area (Å²) in [5.41, 5.74) is 1.91. The molecule has 0 saturated carbocycles. The van der Waals surface area contributed by atoms with E-state index in [2.05, 4.69) is 25.3 Å². The number of imidazole rings is 1. The highest BCUT2D eigenvalue weighted by Gasteiger charge is 2.11. The molecule has 0 unspecified atom stereocenters. The first-order chi connectivity index (χ1) is 9.35. The highest BCUT2D eigenvalue weighted by Crippen LogP contribution is 2.22. The summed E-state index contributed by atoms with van der Waals surface area (Å²) < 4.78 is 10.4. The molecule has 2 heterocycles. The summed E-state index contributed by atoms with van der Waals surface area (Å²) in [5.74, 6) is 1.06. The standard InChI is InChI=1S/C12H17N5O2/c1-18-11-10(12(19-2)17-8-16-11)6-13-4-3-9-5-14-7-15-9/h5,7-8,13H,3-4,6H2,1-2H3,(H,14,15). The van der Waals surface area contributed by atoms with Crippen LogP contribution in [0.2, 0.25) is 0 Å². The number of hydrogen-bond acceptors (Lipinski definition) is 6. The number of nitrogens with zero attached hydrogens (tertiary/aromatic N) is 3. The molecule has 7 nitrogen and oxygen atoms in total. The number of rotatable bonds is 7. The van der Waals surface area contributed by atoms with Gasteiger partial charge in [0.2, 0.25) is 11.8 Å². The van der Waals surface area contributed by atoms with Crippen LogP contribution >= 0.6 is 0 Å². The summed E-state index contributed by atoms with van der Waals surface area (Å²) in [4.78, 5) is 15.2. The predicted octanol–water partition coefficient (Wildman–Crippen LogP) is 0.549. The third-order valence-electron chi connectivity index (χ3n) is 2.68. The van der Waals surface area contributed by atoms with E-state index in [1.54, 1.807) is 20.5 Å². The molecule has 102 valence electrons. The fourth-order valence-corrected chi connectivity index (χ4v) is 1.74. The minimum absolute atomic E-state index is 0.529.